The van der Waals surface area contributed by atoms with Crippen LogP contribution in [-0.2, 0) is 14.8 Å². The molecule has 0 saturated carbocycles. The zero-order chi connectivity index (χ0) is 20.7. The Morgan fingerprint density at radius 3 is 2.36 bits per heavy atom. The average Bonchev–Trinajstić information content (AvgIpc) is 2.65. The fourth-order valence-corrected chi connectivity index (χ4v) is 2.97. The quantitative estimate of drug-likeness (QED) is 0.691. The molecule has 0 fully saturated rings. The van der Waals surface area contributed by atoms with E-state index in [0.717, 1.165) is 6.26 Å². The van der Waals surface area contributed by atoms with E-state index in [-0.39, 0.29) is 5.91 Å². The maximum Gasteiger partial charge on any atom is 0.265 e. The maximum absolute atomic E-state index is 12.6. The van der Waals surface area contributed by atoms with Crippen LogP contribution < -0.4 is 19.1 Å². The molecule has 0 bridgehead atoms. The lowest BCUT2D eigenvalue weighted by Gasteiger charge is -2.19. The molecule has 0 saturated heterocycles. The SMILES string of the molecule is CCOc1cccc(NC(=O)[C@H](CC)Oc2ccc(N(C)S(C)(=O)=O)cc2)c1. The molecule has 0 aliphatic heterocycles. The highest BCUT2D eigenvalue weighted by atomic mass is 32.2. The number of sulfonamides is 1. The molecule has 1 amide bonds. The lowest BCUT2D eigenvalue weighted by Crippen LogP contribution is -2.32. The Kier molecular flexibility index (Phi) is 7.28. The zero-order valence-corrected chi connectivity index (χ0v) is 17.3. The summed E-state index contributed by atoms with van der Waals surface area (Å²) in [5.74, 6) is 0.893. The van der Waals surface area contributed by atoms with Crippen LogP contribution in [0.1, 0.15) is 20.3 Å². The molecule has 0 radical (unpaired) electrons. The molecule has 1 atom stereocenters. The molecule has 2 aromatic rings. The summed E-state index contributed by atoms with van der Waals surface area (Å²) < 4.78 is 35.6. The van der Waals surface area contributed by atoms with E-state index in [4.69, 9.17) is 9.47 Å². The van der Waals surface area contributed by atoms with Crippen molar-refractivity contribution in [1.82, 2.24) is 0 Å². The van der Waals surface area contributed by atoms with Gasteiger partial charge in [0, 0.05) is 18.8 Å². The van der Waals surface area contributed by atoms with Gasteiger partial charge in [0.15, 0.2) is 6.10 Å². The topological polar surface area (TPSA) is 84.9 Å². The van der Waals surface area contributed by atoms with E-state index >= 15 is 0 Å². The van der Waals surface area contributed by atoms with Gasteiger partial charge in [-0.3, -0.25) is 9.10 Å². The molecule has 0 aliphatic carbocycles. The summed E-state index contributed by atoms with van der Waals surface area (Å²) >= 11 is 0. The van der Waals surface area contributed by atoms with Gasteiger partial charge in [-0.25, -0.2) is 8.42 Å². The second kappa shape index (κ2) is 9.45. The van der Waals surface area contributed by atoms with Crippen LogP contribution in [0.2, 0.25) is 0 Å². The van der Waals surface area contributed by atoms with Crippen molar-refractivity contribution >= 4 is 27.3 Å². The Bertz CT molecular complexity index is 897. The highest BCUT2D eigenvalue weighted by molar-refractivity contribution is 7.92. The van der Waals surface area contributed by atoms with Crippen LogP contribution in [0.3, 0.4) is 0 Å². The van der Waals surface area contributed by atoms with Crippen molar-refractivity contribution in [3.05, 3.63) is 48.5 Å². The molecule has 0 aliphatic rings. The van der Waals surface area contributed by atoms with Gasteiger partial charge >= 0.3 is 0 Å². The monoisotopic (exact) mass is 406 g/mol. The summed E-state index contributed by atoms with van der Waals surface area (Å²) in [6.45, 7) is 4.29. The first kappa shape index (κ1) is 21.6. The number of ether oxygens (including phenoxy) is 2. The van der Waals surface area contributed by atoms with Crippen LogP contribution in [-0.4, -0.2) is 40.3 Å². The van der Waals surface area contributed by atoms with Crippen molar-refractivity contribution in [2.75, 3.05) is 29.5 Å². The van der Waals surface area contributed by atoms with Gasteiger partial charge in [0.1, 0.15) is 11.5 Å². The molecular weight excluding hydrogens is 380 g/mol. The molecule has 7 nitrogen and oxygen atoms in total. The third kappa shape index (κ3) is 5.88. The van der Waals surface area contributed by atoms with Crippen molar-refractivity contribution in [3.8, 4) is 11.5 Å². The molecular formula is C20H26N2O5S. The van der Waals surface area contributed by atoms with E-state index in [2.05, 4.69) is 5.32 Å². The maximum atomic E-state index is 12.6. The number of amides is 1. The number of nitrogens with zero attached hydrogens (tertiary/aromatic N) is 1. The third-order valence-corrected chi connectivity index (χ3v) is 5.26. The van der Waals surface area contributed by atoms with Crippen LogP contribution in [0.4, 0.5) is 11.4 Å². The van der Waals surface area contributed by atoms with Gasteiger partial charge < -0.3 is 14.8 Å². The minimum absolute atomic E-state index is 0.270. The minimum Gasteiger partial charge on any atom is -0.494 e. The van der Waals surface area contributed by atoms with Crippen molar-refractivity contribution < 1.29 is 22.7 Å². The van der Waals surface area contributed by atoms with E-state index in [1.54, 1.807) is 42.5 Å². The molecule has 0 aromatic heterocycles. The predicted molar refractivity (Wildman–Crippen MR) is 111 cm³/mol. The number of hydrogen-bond acceptors (Lipinski definition) is 5. The van der Waals surface area contributed by atoms with Crippen LogP contribution in [0.25, 0.3) is 0 Å². The van der Waals surface area contributed by atoms with Crippen LogP contribution in [0.15, 0.2) is 48.5 Å². The van der Waals surface area contributed by atoms with Gasteiger partial charge in [-0.15, -0.1) is 0 Å². The molecule has 28 heavy (non-hydrogen) atoms. The Morgan fingerprint density at radius 2 is 1.79 bits per heavy atom. The van der Waals surface area contributed by atoms with Gasteiger partial charge in [0.25, 0.3) is 5.91 Å². The molecule has 152 valence electrons. The Morgan fingerprint density at radius 1 is 1.11 bits per heavy atom. The van der Waals surface area contributed by atoms with Gasteiger partial charge in [0.05, 0.1) is 18.6 Å². The van der Waals surface area contributed by atoms with Crippen molar-refractivity contribution in [2.24, 2.45) is 0 Å². The number of hydrogen-bond donors (Lipinski definition) is 1. The van der Waals surface area contributed by atoms with Crippen molar-refractivity contribution in [1.29, 1.82) is 0 Å². The number of anilines is 2. The molecule has 0 heterocycles. The number of nitrogens with one attached hydrogen (secondary N) is 1. The summed E-state index contributed by atoms with van der Waals surface area (Å²) in [4.78, 5) is 12.6. The van der Waals surface area contributed by atoms with E-state index in [1.165, 1.54) is 11.4 Å². The summed E-state index contributed by atoms with van der Waals surface area (Å²) in [6.07, 6.45) is 0.923. The first-order valence-corrected chi connectivity index (χ1v) is 10.8. The van der Waals surface area contributed by atoms with Crippen molar-refractivity contribution in [2.45, 2.75) is 26.4 Å². The number of benzene rings is 2. The Labute approximate surface area is 166 Å². The first-order valence-electron chi connectivity index (χ1n) is 8.99. The predicted octanol–water partition coefficient (Wildman–Crippen LogP) is 3.28. The Hall–Kier alpha value is -2.74. The van der Waals surface area contributed by atoms with Gasteiger partial charge in [-0.1, -0.05) is 13.0 Å². The molecule has 2 aromatic carbocycles. The summed E-state index contributed by atoms with van der Waals surface area (Å²) in [6, 6.07) is 13.7. The van der Waals surface area contributed by atoms with Crippen LogP contribution in [0.5, 0.6) is 11.5 Å². The molecule has 8 heteroatoms. The zero-order valence-electron chi connectivity index (χ0n) is 16.5. The van der Waals surface area contributed by atoms with E-state index in [0.29, 0.717) is 35.9 Å². The summed E-state index contributed by atoms with van der Waals surface area (Å²) in [5, 5.41) is 2.83. The highest BCUT2D eigenvalue weighted by Crippen LogP contribution is 2.22. The molecule has 0 spiro atoms. The first-order chi connectivity index (χ1) is 13.2. The third-order valence-electron chi connectivity index (χ3n) is 4.05. The summed E-state index contributed by atoms with van der Waals surface area (Å²) in [7, 11) is -1.86. The molecule has 0 unspecified atom stereocenters. The largest absolute Gasteiger partial charge is 0.494 e. The number of carbonyl (C=O) groups is 1. The van der Waals surface area contributed by atoms with Gasteiger partial charge in [-0.2, -0.15) is 0 Å². The van der Waals surface area contributed by atoms with E-state index < -0.39 is 16.1 Å². The van der Waals surface area contributed by atoms with Gasteiger partial charge in [0.2, 0.25) is 10.0 Å². The molecule has 1 N–H and O–H groups in total. The van der Waals surface area contributed by atoms with Crippen molar-refractivity contribution in [3.63, 3.8) is 0 Å². The van der Waals surface area contributed by atoms with E-state index in [9.17, 15) is 13.2 Å². The Balaban J connectivity index is 2.05. The van der Waals surface area contributed by atoms with E-state index in [1.807, 2.05) is 19.9 Å². The number of carbonyl (C=O) groups excluding carboxylic acids is 1. The van der Waals surface area contributed by atoms with Crippen LogP contribution >= 0.6 is 0 Å². The second-order valence-electron chi connectivity index (χ2n) is 6.19. The minimum atomic E-state index is -3.33. The average molecular weight is 407 g/mol. The number of rotatable bonds is 9. The molecule has 2 rings (SSSR count). The van der Waals surface area contributed by atoms with Gasteiger partial charge in [-0.05, 0) is 49.7 Å². The standard InChI is InChI=1S/C20H26N2O5S/c1-5-19(20(23)21-15-8-7-9-18(14-15)26-6-2)27-17-12-10-16(11-13-17)22(3)28(4,24)25/h7-14,19H,5-6H2,1-4H3,(H,21,23)/t19-/m0/s1. The summed E-state index contributed by atoms with van der Waals surface area (Å²) in [5.41, 5.74) is 1.14. The smallest absolute Gasteiger partial charge is 0.265 e. The lowest BCUT2D eigenvalue weighted by atomic mass is 10.2. The fourth-order valence-electron chi connectivity index (χ4n) is 2.47. The highest BCUT2D eigenvalue weighted by Gasteiger charge is 2.19. The fraction of sp³-hybridized carbons (Fsp3) is 0.350. The second-order valence-corrected chi connectivity index (χ2v) is 8.20. The lowest BCUT2D eigenvalue weighted by molar-refractivity contribution is -0.122. The normalized spacial score (nSPS) is 12.1. The van der Waals surface area contributed by atoms with Crippen LogP contribution in [0, 0.1) is 0 Å².